The van der Waals surface area contributed by atoms with Crippen molar-refractivity contribution in [3.05, 3.63) is 29.3 Å². The lowest BCUT2D eigenvalue weighted by atomic mass is 10.1. The second-order valence-corrected chi connectivity index (χ2v) is 4.49. The number of rotatable bonds is 5. The van der Waals surface area contributed by atoms with Gasteiger partial charge in [0.15, 0.2) is 0 Å². The first-order valence-electron chi connectivity index (χ1n) is 5.99. The first-order chi connectivity index (χ1) is 8.02. The molecule has 0 aromatic heterocycles. The van der Waals surface area contributed by atoms with Crippen molar-refractivity contribution in [2.24, 2.45) is 5.92 Å². The first-order valence-corrected chi connectivity index (χ1v) is 5.99. The Morgan fingerprint density at radius 3 is 2.71 bits per heavy atom. The van der Waals surface area contributed by atoms with Gasteiger partial charge in [-0.05, 0) is 31.0 Å². The second-order valence-electron chi connectivity index (χ2n) is 4.49. The predicted octanol–water partition coefficient (Wildman–Crippen LogP) is 2.45. The molecule has 0 fully saturated rings. The van der Waals surface area contributed by atoms with Crippen molar-refractivity contribution in [2.45, 2.75) is 27.7 Å². The number of ether oxygens (including phenoxy) is 1. The topological polar surface area (TPSA) is 38.3 Å². The van der Waals surface area contributed by atoms with Crippen LogP contribution in [-0.4, -0.2) is 19.1 Å². The van der Waals surface area contributed by atoms with Crippen LogP contribution < -0.4 is 10.1 Å². The van der Waals surface area contributed by atoms with Crippen LogP contribution in [0.4, 0.5) is 0 Å². The number of hydrogen-bond acceptors (Lipinski definition) is 2. The lowest BCUT2D eigenvalue weighted by Gasteiger charge is -2.12. The summed E-state index contributed by atoms with van der Waals surface area (Å²) in [5.74, 6) is 0.981. The summed E-state index contributed by atoms with van der Waals surface area (Å²) in [6.45, 7) is 8.90. The molecule has 17 heavy (non-hydrogen) atoms. The minimum absolute atomic E-state index is 0.0238. The minimum Gasteiger partial charge on any atom is -0.491 e. The van der Waals surface area contributed by atoms with Crippen LogP contribution >= 0.6 is 0 Å². The highest BCUT2D eigenvalue weighted by Gasteiger charge is 2.05. The number of nitrogens with one attached hydrogen (secondary N) is 1. The fourth-order valence-corrected chi connectivity index (χ4v) is 1.42. The maximum atomic E-state index is 11.3. The lowest BCUT2D eigenvalue weighted by molar-refractivity contribution is -0.124. The van der Waals surface area contributed by atoms with Crippen molar-refractivity contribution in [3.8, 4) is 5.75 Å². The van der Waals surface area contributed by atoms with Crippen LogP contribution in [0.15, 0.2) is 18.2 Å². The Morgan fingerprint density at radius 1 is 1.35 bits per heavy atom. The highest BCUT2D eigenvalue weighted by molar-refractivity contribution is 5.77. The van der Waals surface area contributed by atoms with Crippen molar-refractivity contribution in [2.75, 3.05) is 13.2 Å². The molecule has 3 heteroatoms. The average Bonchev–Trinajstić information content (AvgIpc) is 2.29. The van der Waals surface area contributed by atoms with Gasteiger partial charge in [-0.2, -0.15) is 0 Å². The van der Waals surface area contributed by atoms with Gasteiger partial charge in [0, 0.05) is 5.92 Å². The monoisotopic (exact) mass is 235 g/mol. The molecule has 0 heterocycles. The molecule has 1 rings (SSSR count). The normalized spacial score (nSPS) is 10.4. The Bertz CT molecular complexity index is 386. The summed E-state index contributed by atoms with van der Waals surface area (Å²) in [4.78, 5) is 11.3. The fraction of sp³-hybridized carbons (Fsp3) is 0.500. The van der Waals surface area contributed by atoms with Crippen LogP contribution in [0.5, 0.6) is 5.75 Å². The summed E-state index contributed by atoms with van der Waals surface area (Å²) in [6, 6.07) is 5.99. The summed E-state index contributed by atoms with van der Waals surface area (Å²) in [5.41, 5.74) is 2.37. The Kier molecular flexibility index (Phi) is 5.01. The van der Waals surface area contributed by atoms with E-state index in [0.29, 0.717) is 13.2 Å². The molecule has 94 valence electrons. The third-order valence-corrected chi connectivity index (χ3v) is 2.74. The van der Waals surface area contributed by atoms with Crippen molar-refractivity contribution in [1.82, 2.24) is 5.32 Å². The van der Waals surface area contributed by atoms with Gasteiger partial charge in [0.1, 0.15) is 12.4 Å². The number of amides is 1. The molecule has 0 unspecified atom stereocenters. The maximum absolute atomic E-state index is 11.3. The van der Waals surface area contributed by atoms with E-state index in [2.05, 4.69) is 18.3 Å². The van der Waals surface area contributed by atoms with E-state index in [1.807, 2.05) is 32.9 Å². The summed E-state index contributed by atoms with van der Waals surface area (Å²) >= 11 is 0. The van der Waals surface area contributed by atoms with Crippen molar-refractivity contribution in [1.29, 1.82) is 0 Å². The van der Waals surface area contributed by atoms with Gasteiger partial charge >= 0.3 is 0 Å². The van der Waals surface area contributed by atoms with Crippen LogP contribution in [0, 0.1) is 19.8 Å². The fourth-order valence-electron chi connectivity index (χ4n) is 1.42. The summed E-state index contributed by atoms with van der Waals surface area (Å²) in [6.07, 6.45) is 0. The highest BCUT2D eigenvalue weighted by atomic mass is 16.5. The molecular weight excluding hydrogens is 214 g/mol. The third kappa shape index (κ3) is 4.10. The van der Waals surface area contributed by atoms with E-state index in [1.54, 1.807) is 0 Å². The van der Waals surface area contributed by atoms with Crippen LogP contribution in [0.3, 0.4) is 0 Å². The zero-order valence-electron chi connectivity index (χ0n) is 11.0. The summed E-state index contributed by atoms with van der Waals surface area (Å²) in [7, 11) is 0. The quantitative estimate of drug-likeness (QED) is 0.796. The van der Waals surface area contributed by atoms with Crippen LogP contribution in [-0.2, 0) is 4.79 Å². The maximum Gasteiger partial charge on any atom is 0.222 e. The van der Waals surface area contributed by atoms with Gasteiger partial charge in [-0.25, -0.2) is 0 Å². The van der Waals surface area contributed by atoms with Gasteiger partial charge in [0.25, 0.3) is 0 Å². The van der Waals surface area contributed by atoms with Gasteiger partial charge in [0.2, 0.25) is 5.91 Å². The summed E-state index contributed by atoms with van der Waals surface area (Å²) < 4.78 is 5.63. The van der Waals surface area contributed by atoms with E-state index in [1.165, 1.54) is 5.56 Å². The molecule has 3 nitrogen and oxygen atoms in total. The largest absolute Gasteiger partial charge is 0.491 e. The Labute approximate surface area is 103 Å². The molecule has 0 aliphatic rings. The summed E-state index contributed by atoms with van der Waals surface area (Å²) in [5, 5.41) is 2.82. The third-order valence-electron chi connectivity index (χ3n) is 2.74. The van der Waals surface area contributed by atoms with E-state index in [9.17, 15) is 4.79 Å². The van der Waals surface area contributed by atoms with Gasteiger partial charge in [-0.15, -0.1) is 0 Å². The molecule has 0 atom stereocenters. The molecule has 1 amide bonds. The van der Waals surface area contributed by atoms with E-state index in [0.717, 1.165) is 11.3 Å². The van der Waals surface area contributed by atoms with Crippen molar-refractivity contribution in [3.63, 3.8) is 0 Å². The Balaban J connectivity index is 2.36. The highest BCUT2D eigenvalue weighted by Crippen LogP contribution is 2.20. The molecule has 0 spiro atoms. The lowest BCUT2D eigenvalue weighted by Crippen LogP contribution is -2.31. The predicted molar refractivity (Wildman–Crippen MR) is 69.3 cm³/mol. The first kappa shape index (κ1) is 13.6. The van der Waals surface area contributed by atoms with E-state index < -0.39 is 0 Å². The zero-order valence-corrected chi connectivity index (χ0v) is 11.0. The smallest absolute Gasteiger partial charge is 0.222 e. The van der Waals surface area contributed by atoms with Gasteiger partial charge in [-0.1, -0.05) is 26.0 Å². The van der Waals surface area contributed by atoms with E-state index >= 15 is 0 Å². The second kappa shape index (κ2) is 6.28. The average molecular weight is 235 g/mol. The molecule has 0 radical (unpaired) electrons. The zero-order chi connectivity index (χ0) is 12.8. The molecule has 1 aromatic carbocycles. The van der Waals surface area contributed by atoms with E-state index in [4.69, 9.17) is 4.74 Å². The SMILES string of the molecule is Cc1cccc(OCCNC(=O)C(C)C)c1C. The van der Waals surface area contributed by atoms with Crippen molar-refractivity contribution < 1.29 is 9.53 Å². The number of hydrogen-bond donors (Lipinski definition) is 1. The standard InChI is InChI=1S/C14H21NO2/c1-10(2)14(16)15-8-9-17-13-7-5-6-11(3)12(13)4/h5-7,10H,8-9H2,1-4H3,(H,15,16). The minimum atomic E-state index is 0.0238. The van der Waals surface area contributed by atoms with Gasteiger partial charge < -0.3 is 10.1 Å². The number of carbonyl (C=O) groups excluding carboxylic acids is 1. The number of aryl methyl sites for hydroxylation is 1. The Morgan fingerprint density at radius 2 is 2.06 bits per heavy atom. The van der Waals surface area contributed by atoms with Crippen LogP contribution in [0.1, 0.15) is 25.0 Å². The van der Waals surface area contributed by atoms with Gasteiger partial charge in [-0.3, -0.25) is 4.79 Å². The molecule has 1 N–H and O–H groups in total. The molecular formula is C14H21NO2. The molecule has 1 aromatic rings. The van der Waals surface area contributed by atoms with Gasteiger partial charge in [0.05, 0.1) is 6.54 Å². The molecule has 0 saturated heterocycles. The van der Waals surface area contributed by atoms with Crippen LogP contribution in [0.2, 0.25) is 0 Å². The molecule has 0 saturated carbocycles. The number of benzene rings is 1. The van der Waals surface area contributed by atoms with Crippen LogP contribution in [0.25, 0.3) is 0 Å². The molecule has 0 aliphatic heterocycles. The number of carbonyl (C=O) groups is 1. The Hall–Kier alpha value is -1.51. The van der Waals surface area contributed by atoms with Crippen molar-refractivity contribution >= 4 is 5.91 Å². The molecule has 0 bridgehead atoms. The van der Waals surface area contributed by atoms with E-state index in [-0.39, 0.29) is 11.8 Å². The molecule has 0 aliphatic carbocycles.